The largest absolute Gasteiger partial charge is 0.478 e. The zero-order valence-corrected chi connectivity index (χ0v) is 10.5. The Morgan fingerprint density at radius 3 is 2.65 bits per heavy atom. The van der Waals surface area contributed by atoms with Gasteiger partial charge >= 0.3 is 5.97 Å². The summed E-state index contributed by atoms with van der Waals surface area (Å²) < 4.78 is 13.9. The summed E-state index contributed by atoms with van der Waals surface area (Å²) in [4.78, 5) is 12.7. The third kappa shape index (κ3) is 3.19. The average Bonchev–Trinajstić information content (AvgIpc) is 2.29. The van der Waals surface area contributed by atoms with Crippen molar-refractivity contribution in [3.63, 3.8) is 0 Å². The molecular formula is C13H18FNO2. The second-order valence-electron chi connectivity index (χ2n) is 4.21. The summed E-state index contributed by atoms with van der Waals surface area (Å²) in [5.41, 5.74) is 0.848. The fraction of sp³-hybridized carbons (Fsp3) is 0.462. The molecule has 3 nitrogen and oxygen atoms in total. The van der Waals surface area contributed by atoms with E-state index in [1.54, 1.807) is 18.9 Å². The van der Waals surface area contributed by atoms with Gasteiger partial charge in [-0.1, -0.05) is 13.3 Å². The lowest BCUT2D eigenvalue weighted by atomic mass is 10.1. The Labute approximate surface area is 101 Å². The summed E-state index contributed by atoms with van der Waals surface area (Å²) in [6, 6.07) is 2.75. The van der Waals surface area contributed by atoms with E-state index in [1.165, 1.54) is 12.1 Å². The Hall–Kier alpha value is -1.58. The summed E-state index contributed by atoms with van der Waals surface area (Å²) in [7, 11) is 1.78. The van der Waals surface area contributed by atoms with Crippen LogP contribution in [0.4, 0.5) is 10.1 Å². The van der Waals surface area contributed by atoms with Crippen LogP contribution in [0.2, 0.25) is 0 Å². The van der Waals surface area contributed by atoms with Gasteiger partial charge in [0.15, 0.2) is 0 Å². The highest BCUT2D eigenvalue weighted by Gasteiger charge is 2.14. The molecule has 94 valence electrons. The topological polar surface area (TPSA) is 40.5 Å². The molecule has 0 unspecified atom stereocenters. The number of nitrogens with zero attached hydrogens (tertiary/aromatic N) is 1. The summed E-state index contributed by atoms with van der Waals surface area (Å²) in [6.45, 7) is 4.36. The Morgan fingerprint density at radius 2 is 2.12 bits per heavy atom. The molecule has 0 fully saturated rings. The smallest absolute Gasteiger partial charge is 0.335 e. The standard InChI is InChI=1S/C13H18FNO2/c1-4-5-6-15(3)11-8-10(13(16)17)7-9(2)12(11)14/h7-8H,4-6H2,1-3H3,(H,16,17). The number of carboxylic acid groups (broad SMARTS) is 1. The number of halogens is 1. The van der Waals surface area contributed by atoms with Crippen molar-refractivity contribution >= 4 is 11.7 Å². The number of aryl methyl sites for hydroxylation is 1. The van der Waals surface area contributed by atoms with E-state index in [4.69, 9.17) is 5.11 Å². The van der Waals surface area contributed by atoms with Crippen molar-refractivity contribution in [2.24, 2.45) is 0 Å². The second kappa shape index (κ2) is 5.66. The fourth-order valence-electron chi connectivity index (χ4n) is 1.67. The normalized spacial score (nSPS) is 10.4. The fourth-order valence-corrected chi connectivity index (χ4v) is 1.67. The van der Waals surface area contributed by atoms with Crippen LogP contribution >= 0.6 is 0 Å². The molecule has 0 amide bonds. The third-order valence-corrected chi connectivity index (χ3v) is 2.74. The second-order valence-corrected chi connectivity index (χ2v) is 4.21. The first-order chi connectivity index (χ1) is 7.97. The van der Waals surface area contributed by atoms with E-state index < -0.39 is 5.97 Å². The van der Waals surface area contributed by atoms with E-state index in [0.29, 0.717) is 11.3 Å². The molecule has 4 heteroatoms. The van der Waals surface area contributed by atoms with Crippen LogP contribution < -0.4 is 4.90 Å². The van der Waals surface area contributed by atoms with Crippen molar-refractivity contribution in [1.82, 2.24) is 0 Å². The molecule has 0 heterocycles. The SMILES string of the molecule is CCCCN(C)c1cc(C(=O)O)cc(C)c1F. The van der Waals surface area contributed by atoms with Gasteiger partial charge in [-0.05, 0) is 31.0 Å². The van der Waals surface area contributed by atoms with Crippen molar-refractivity contribution in [3.05, 3.63) is 29.1 Å². The predicted octanol–water partition coefficient (Wildman–Crippen LogP) is 3.07. The third-order valence-electron chi connectivity index (χ3n) is 2.74. The van der Waals surface area contributed by atoms with E-state index in [2.05, 4.69) is 6.92 Å². The van der Waals surface area contributed by atoms with Crippen molar-refractivity contribution in [2.45, 2.75) is 26.7 Å². The van der Waals surface area contributed by atoms with Crippen LogP contribution in [0.1, 0.15) is 35.7 Å². The molecule has 0 aliphatic carbocycles. The van der Waals surface area contributed by atoms with Crippen molar-refractivity contribution in [1.29, 1.82) is 0 Å². The number of benzene rings is 1. The quantitative estimate of drug-likeness (QED) is 0.858. The van der Waals surface area contributed by atoms with Gasteiger partial charge in [0.1, 0.15) is 5.82 Å². The molecule has 1 aromatic rings. The lowest BCUT2D eigenvalue weighted by Crippen LogP contribution is -2.20. The molecule has 0 bridgehead atoms. The molecule has 0 aliphatic rings. The first kappa shape index (κ1) is 13.5. The van der Waals surface area contributed by atoms with Crippen molar-refractivity contribution in [3.8, 4) is 0 Å². The highest BCUT2D eigenvalue weighted by atomic mass is 19.1. The predicted molar refractivity (Wildman–Crippen MR) is 66.3 cm³/mol. The number of hydrogen-bond acceptors (Lipinski definition) is 2. The average molecular weight is 239 g/mol. The van der Waals surface area contributed by atoms with E-state index in [9.17, 15) is 9.18 Å². The summed E-state index contributed by atoms with van der Waals surface area (Å²) in [6.07, 6.45) is 1.97. The van der Waals surface area contributed by atoms with E-state index >= 15 is 0 Å². The highest BCUT2D eigenvalue weighted by molar-refractivity contribution is 5.89. The van der Waals surface area contributed by atoms with Crippen molar-refractivity contribution < 1.29 is 14.3 Å². The van der Waals surface area contributed by atoms with Gasteiger partial charge in [-0.2, -0.15) is 0 Å². The van der Waals surface area contributed by atoms with Gasteiger partial charge in [0.05, 0.1) is 11.3 Å². The van der Waals surface area contributed by atoms with Crippen molar-refractivity contribution in [2.75, 3.05) is 18.5 Å². The lowest BCUT2D eigenvalue weighted by molar-refractivity contribution is 0.0696. The lowest BCUT2D eigenvalue weighted by Gasteiger charge is -2.21. The minimum absolute atomic E-state index is 0.127. The van der Waals surface area contributed by atoms with Gasteiger partial charge in [0, 0.05) is 13.6 Å². The summed E-state index contributed by atoms with van der Waals surface area (Å²) >= 11 is 0. The number of unbranched alkanes of at least 4 members (excludes halogenated alkanes) is 1. The van der Waals surface area contributed by atoms with Gasteiger partial charge < -0.3 is 10.0 Å². The highest BCUT2D eigenvalue weighted by Crippen LogP contribution is 2.23. The molecule has 1 N–H and O–H groups in total. The summed E-state index contributed by atoms with van der Waals surface area (Å²) in [5, 5.41) is 8.94. The number of aromatic carboxylic acids is 1. The van der Waals surface area contributed by atoms with Crippen LogP contribution in [0.25, 0.3) is 0 Å². The van der Waals surface area contributed by atoms with E-state index in [1.807, 2.05) is 0 Å². The Kier molecular flexibility index (Phi) is 4.49. The maximum Gasteiger partial charge on any atom is 0.335 e. The molecule has 0 radical (unpaired) electrons. The van der Waals surface area contributed by atoms with Gasteiger partial charge in [-0.3, -0.25) is 0 Å². The number of carboxylic acids is 1. The van der Waals surface area contributed by atoms with E-state index in [-0.39, 0.29) is 11.4 Å². The molecular weight excluding hydrogens is 221 g/mol. The molecule has 0 saturated heterocycles. The molecule has 1 rings (SSSR count). The number of anilines is 1. The monoisotopic (exact) mass is 239 g/mol. The molecule has 0 aliphatic heterocycles. The van der Waals surface area contributed by atoms with Gasteiger partial charge in [0.2, 0.25) is 0 Å². The van der Waals surface area contributed by atoms with Crippen LogP contribution in [0, 0.1) is 12.7 Å². The Bertz CT molecular complexity index is 418. The van der Waals surface area contributed by atoms with Gasteiger partial charge in [-0.15, -0.1) is 0 Å². The minimum atomic E-state index is -1.03. The molecule has 17 heavy (non-hydrogen) atoms. The molecule has 1 aromatic carbocycles. The first-order valence-electron chi connectivity index (χ1n) is 5.72. The summed E-state index contributed by atoms with van der Waals surface area (Å²) in [5.74, 6) is -1.37. The Morgan fingerprint density at radius 1 is 1.47 bits per heavy atom. The van der Waals surface area contributed by atoms with Crippen LogP contribution in [-0.4, -0.2) is 24.7 Å². The maximum atomic E-state index is 13.9. The Balaban J connectivity index is 3.08. The molecule has 0 spiro atoms. The zero-order chi connectivity index (χ0) is 13.0. The van der Waals surface area contributed by atoms with Gasteiger partial charge in [-0.25, -0.2) is 9.18 Å². The molecule has 0 saturated carbocycles. The van der Waals surface area contributed by atoms with Crippen LogP contribution in [0.5, 0.6) is 0 Å². The number of carbonyl (C=O) groups is 1. The zero-order valence-electron chi connectivity index (χ0n) is 10.5. The molecule has 0 aromatic heterocycles. The van der Waals surface area contributed by atoms with Crippen LogP contribution in [0.3, 0.4) is 0 Å². The molecule has 0 atom stereocenters. The minimum Gasteiger partial charge on any atom is -0.478 e. The van der Waals surface area contributed by atoms with Crippen LogP contribution in [-0.2, 0) is 0 Å². The first-order valence-corrected chi connectivity index (χ1v) is 5.72. The van der Waals surface area contributed by atoms with Gasteiger partial charge in [0.25, 0.3) is 0 Å². The van der Waals surface area contributed by atoms with Crippen LogP contribution in [0.15, 0.2) is 12.1 Å². The number of hydrogen-bond donors (Lipinski definition) is 1. The van der Waals surface area contributed by atoms with E-state index in [0.717, 1.165) is 19.4 Å². The number of rotatable bonds is 5. The maximum absolute atomic E-state index is 13.9.